The Morgan fingerprint density at radius 2 is 2.28 bits per heavy atom. The maximum Gasteiger partial charge on any atom is 0.572 e. The van der Waals surface area contributed by atoms with Crippen LogP contribution in [0.1, 0.15) is 20.3 Å². The summed E-state index contributed by atoms with van der Waals surface area (Å²) >= 11 is 0. The number of amides is 1. The summed E-state index contributed by atoms with van der Waals surface area (Å²) < 4.78 is 21.4. The number of hydrogen-bond donors (Lipinski definition) is 3. The molecule has 10 heteroatoms. The molecule has 9 nitrogen and oxygen atoms in total. The smallest absolute Gasteiger partial charge is 0.390 e. The minimum atomic E-state index is -3.45. The highest BCUT2D eigenvalue weighted by Gasteiger charge is 2.47. The van der Waals surface area contributed by atoms with E-state index >= 15 is 0 Å². The average Bonchev–Trinajstić information content (AvgIpc) is 2.93. The SMILES string of the molecule is CO[P+](O)(OCC1OC(N2C=CC=C(C(N)=O)C2)CC1O)OC(C)C. The molecular weight excluding hydrogens is 351 g/mol. The number of nitrogens with two attached hydrogens (primary N) is 1. The molecule has 2 rings (SSSR count). The van der Waals surface area contributed by atoms with Gasteiger partial charge < -0.3 is 20.5 Å². The summed E-state index contributed by atoms with van der Waals surface area (Å²) in [6.07, 6.45) is 3.31. The molecule has 1 amide bonds. The van der Waals surface area contributed by atoms with E-state index in [4.69, 9.17) is 24.0 Å². The summed E-state index contributed by atoms with van der Waals surface area (Å²) in [7, 11) is -2.16. The first-order valence-corrected chi connectivity index (χ1v) is 9.50. The van der Waals surface area contributed by atoms with E-state index in [0.717, 1.165) is 0 Å². The maximum absolute atomic E-state index is 11.3. The maximum atomic E-state index is 11.3. The Balaban J connectivity index is 1.90. The molecule has 4 N–H and O–H groups in total. The number of carbonyl (C=O) groups is 1. The lowest BCUT2D eigenvalue weighted by Gasteiger charge is -2.29. The second-order valence-electron chi connectivity index (χ2n) is 6.10. The number of ether oxygens (including phenoxy) is 1. The van der Waals surface area contributed by atoms with Crippen LogP contribution in [0.25, 0.3) is 0 Å². The van der Waals surface area contributed by atoms with Gasteiger partial charge in [-0.1, -0.05) is 6.08 Å². The van der Waals surface area contributed by atoms with Crippen molar-refractivity contribution in [1.29, 1.82) is 0 Å². The first kappa shape index (κ1) is 20.3. The lowest BCUT2D eigenvalue weighted by molar-refractivity contribution is -0.115. The predicted octanol–water partition coefficient (Wildman–Crippen LogP) is 0.461. The zero-order valence-corrected chi connectivity index (χ0v) is 15.5. The van der Waals surface area contributed by atoms with Gasteiger partial charge in [-0.15, -0.1) is 0 Å². The highest BCUT2D eigenvalue weighted by atomic mass is 31.2. The molecule has 1 fully saturated rings. The Kier molecular flexibility index (Phi) is 6.93. The van der Waals surface area contributed by atoms with E-state index in [-0.39, 0.29) is 12.7 Å². The number of primary amides is 1. The molecule has 142 valence electrons. The molecule has 1 saturated heterocycles. The summed E-state index contributed by atoms with van der Waals surface area (Å²) in [5, 5.41) is 10.2. The van der Waals surface area contributed by atoms with Crippen molar-refractivity contribution >= 4 is 14.1 Å². The average molecular weight is 377 g/mol. The second-order valence-corrected chi connectivity index (χ2v) is 7.87. The van der Waals surface area contributed by atoms with Crippen LogP contribution in [0.2, 0.25) is 0 Å². The number of aliphatic hydroxyl groups is 1. The highest BCUT2D eigenvalue weighted by molar-refractivity contribution is 7.55. The van der Waals surface area contributed by atoms with Gasteiger partial charge in [-0.05, 0) is 19.9 Å². The van der Waals surface area contributed by atoms with E-state index in [1.165, 1.54) is 7.11 Å². The van der Waals surface area contributed by atoms with Gasteiger partial charge in [0.1, 0.15) is 25.0 Å². The van der Waals surface area contributed by atoms with Crippen LogP contribution in [-0.4, -0.2) is 65.6 Å². The zero-order chi connectivity index (χ0) is 18.6. The Hall–Kier alpha value is -1.06. The van der Waals surface area contributed by atoms with Gasteiger partial charge in [0, 0.05) is 18.2 Å². The van der Waals surface area contributed by atoms with Crippen molar-refractivity contribution in [2.24, 2.45) is 5.73 Å². The van der Waals surface area contributed by atoms with Crippen molar-refractivity contribution in [3.05, 3.63) is 23.9 Å². The number of aliphatic hydroxyl groups excluding tert-OH is 1. The number of rotatable bonds is 8. The molecular formula is C15H26N2O7P+. The number of hydrogen-bond acceptors (Lipinski definition) is 8. The molecule has 0 radical (unpaired) electrons. The molecule has 2 heterocycles. The van der Waals surface area contributed by atoms with Gasteiger partial charge in [0.2, 0.25) is 5.91 Å². The van der Waals surface area contributed by atoms with Gasteiger partial charge in [-0.25, -0.2) is 0 Å². The summed E-state index contributed by atoms with van der Waals surface area (Å²) in [6, 6.07) is 0. The molecule has 4 atom stereocenters. The molecule has 0 aromatic heterocycles. The van der Waals surface area contributed by atoms with Crippen LogP contribution in [0, 0.1) is 0 Å². The van der Waals surface area contributed by atoms with E-state index in [1.54, 1.807) is 37.1 Å². The first-order chi connectivity index (χ1) is 11.7. The number of nitrogens with zero attached hydrogens (tertiary/aromatic N) is 1. The van der Waals surface area contributed by atoms with E-state index < -0.39 is 32.5 Å². The lowest BCUT2D eigenvalue weighted by Crippen LogP contribution is -2.36. The summed E-state index contributed by atoms with van der Waals surface area (Å²) in [5.41, 5.74) is 5.77. The van der Waals surface area contributed by atoms with Crippen LogP contribution in [-0.2, 0) is 23.1 Å². The van der Waals surface area contributed by atoms with Gasteiger partial charge in [-0.3, -0.25) is 4.79 Å². The molecule has 0 aromatic rings. The molecule has 4 unspecified atom stereocenters. The van der Waals surface area contributed by atoms with Crippen molar-refractivity contribution in [3.8, 4) is 0 Å². The number of carbonyl (C=O) groups excluding carboxylic acids is 1. The van der Waals surface area contributed by atoms with Gasteiger partial charge in [0.05, 0.1) is 19.8 Å². The monoisotopic (exact) mass is 377 g/mol. The van der Waals surface area contributed by atoms with Crippen molar-refractivity contribution < 1.29 is 33.1 Å². The van der Waals surface area contributed by atoms with Gasteiger partial charge in [0.25, 0.3) is 0 Å². The third kappa shape index (κ3) is 5.46. The van der Waals surface area contributed by atoms with Gasteiger partial charge >= 0.3 is 8.17 Å². The first-order valence-electron chi connectivity index (χ1n) is 8.01. The molecule has 2 aliphatic rings. The molecule has 0 aromatic carbocycles. The van der Waals surface area contributed by atoms with Gasteiger partial charge in [0.15, 0.2) is 0 Å². The Labute approximate surface area is 147 Å². The van der Waals surface area contributed by atoms with Crippen LogP contribution in [0.15, 0.2) is 23.9 Å². The highest BCUT2D eigenvalue weighted by Crippen LogP contribution is 2.58. The van der Waals surface area contributed by atoms with E-state index in [0.29, 0.717) is 18.5 Å². The van der Waals surface area contributed by atoms with E-state index in [9.17, 15) is 14.8 Å². The normalized spacial score (nSPS) is 29.0. The minimum Gasteiger partial charge on any atom is -0.390 e. The fraction of sp³-hybridized carbons (Fsp3) is 0.667. The van der Waals surface area contributed by atoms with Crippen LogP contribution in [0.4, 0.5) is 0 Å². The fourth-order valence-electron chi connectivity index (χ4n) is 2.56. The predicted molar refractivity (Wildman–Crippen MR) is 90.7 cm³/mol. The zero-order valence-electron chi connectivity index (χ0n) is 14.6. The third-order valence-electron chi connectivity index (χ3n) is 3.80. The van der Waals surface area contributed by atoms with Crippen LogP contribution >= 0.6 is 8.17 Å². The van der Waals surface area contributed by atoms with Crippen molar-refractivity contribution in [3.63, 3.8) is 0 Å². The summed E-state index contributed by atoms with van der Waals surface area (Å²) in [5.74, 6) is -0.492. The lowest BCUT2D eigenvalue weighted by atomic mass is 10.1. The topological polar surface area (TPSA) is 124 Å². The van der Waals surface area contributed by atoms with E-state index in [1.807, 2.05) is 0 Å². The largest absolute Gasteiger partial charge is 0.572 e. The van der Waals surface area contributed by atoms with Crippen LogP contribution < -0.4 is 5.73 Å². The van der Waals surface area contributed by atoms with E-state index in [2.05, 4.69) is 0 Å². The van der Waals surface area contributed by atoms with Crippen LogP contribution in [0.3, 0.4) is 0 Å². The standard InChI is InChI=1S/C15H25N2O7P/c1-10(2)24-25(20,21-3)22-9-13-12(18)7-14(23-13)17-6-4-5-11(8-17)15(16)19/h4-6,10,12-14,18,20H,7-9H2,1-3H3,(H-,16,19)/p+1. The summed E-state index contributed by atoms with van der Waals surface area (Å²) in [4.78, 5) is 23.3. The van der Waals surface area contributed by atoms with Crippen molar-refractivity contribution in [2.45, 2.75) is 44.8 Å². The molecule has 0 saturated carbocycles. The quantitative estimate of drug-likeness (QED) is 0.521. The second kappa shape index (κ2) is 8.55. The Morgan fingerprint density at radius 1 is 1.56 bits per heavy atom. The fourth-order valence-corrected chi connectivity index (χ4v) is 3.68. The van der Waals surface area contributed by atoms with Crippen LogP contribution in [0.5, 0.6) is 0 Å². The molecule has 2 aliphatic heterocycles. The Bertz CT molecular complexity index is 542. The van der Waals surface area contributed by atoms with Crippen molar-refractivity contribution in [2.75, 3.05) is 20.3 Å². The minimum absolute atomic E-state index is 0.0847. The van der Waals surface area contributed by atoms with Crippen molar-refractivity contribution in [1.82, 2.24) is 4.90 Å². The molecule has 0 aliphatic carbocycles. The summed E-state index contributed by atoms with van der Waals surface area (Å²) in [6.45, 7) is 3.72. The molecule has 25 heavy (non-hydrogen) atoms. The number of allylic oxidation sites excluding steroid dienone is 2. The van der Waals surface area contributed by atoms with Gasteiger partial charge in [-0.2, -0.15) is 18.5 Å². The third-order valence-corrected chi connectivity index (χ3v) is 5.42. The molecule has 0 bridgehead atoms. The molecule has 0 spiro atoms. The Morgan fingerprint density at radius 3 is 2.88 bits per heavy atom.